The fourth-order valence-corrected chi connectivity index (χ4v) is 3.72. The zero-order valence-corrected chi connectivity index (χ0v) is 16.8. The molecule has 3 aromatic rings. The van der Waals surface area contributed by atoms with E-state index in [-0.39, 0.29) is 18.2 Å². The number of fused-ring (bicyclic) bond motifs is 1. The van der Waals surface area contributed by atoms with Crippen LogP contribution in [0.15, 0.2) is 29.1 Å². The maximum absolute atomic E-state index is 12.7. The summed E-state index contributed by atoms with van der Waals surface area (Å²) in [5, 5.41) is 14.8. The van der Waals surface area contributed by atoms with Gasteiger partial charge in [-0.1, -0.05) is 38.1 Å². The van der Waals surface area contributed by atoms with E-state index in [9.17, 15) is 9.90 Å². The monoisotopic (exact) mass is 381 g/mol. The van der Waals surface area contributed by atoms with E-state index in [1.165, 1.54) is 5.56 Å². The molecule has 0 unspecified atom stereocenters. The van der Waals surface area contributed by atoms with Gasteiger partial charge in [-0.25, -0.2) is 4.68 Å². The molecule has 0 radical (unpaired) electrons. The van der Waals surface area contributed by atoms with E-state index in [1.54, 1.807) is 4.90 Å². The Hall–Kier alpha value is -2.67. The van der Waals surface area contributed by atoms with Crippen LogP contribution >= 0.6 is 0 Å². The van der Waals surface area contributed by atoms with Gasteiger partial charge < -0.3 is 10.0 Å². The molecule has 0 spiro atoms. The van der Waals surface area contributed by atoms with Crippen molar-refractivity contribution >= 4 is 17.0 Å². The Morgan fingerprint density at radius 1 is 1.21 bits per heavy atom. The largest absolute Gasteiger partial charge is 0.390 e. The maximum atomic E-state index is 12.7. The van der Waals surface area contributed by atoms with Crippen molar-refractivity contribution in [2.24, 2.45) is 5.92 Å². The number of H-pyrrole nitrogens is 1. The molecule has 2 N–H and O–H groups in total. The molecular weight excluding hydrogens is 354 g/mol. The van der Waals surface area contributed by atoms with Crippen LogP contribution in [0.3, 0.4) is 0 Å². The molecule has 2 aromatic heterocycles. The van der Waals surface area contributed by atoms with Crippen LogP contribution in [0.1, 0.15) is 55.5 Å². The summed E-state index contributed by atoms with van der Waals surface area (Å²) in [6.07, 6.45) is 2.24. The SMILES string of the molecule is CC(C)c1ccc([C@@H](C2CC2)n2nc(CO)c3c(=O)[nH]c(N(C)C)nc32)cc1. The van der Waals surface area contributed by atoms with E-state index in [1.807, 2.05) is 18.8 Å². The number of hydrogen-bond donors (Lipinski definition) is 2. The first-order valence-electron chi connectivity index (χ1n) is 9.80. The highest BCUT2D eigenvalue weighted by molar-refractivity contribution is 5.78. The van der Waals surface area contributed by atoms with Gasteiger partial charge >= 0.3 is 0 Å². The molecule has 1 aromatic carbocycles. The molecule has 1 aliphatic rings. The molecule has 7 nitrogen and oxygen atoms in total. The molecule has 1 saturated carbocycles. The number of aromatic amines is 1. The first-order chi connectivity index (χ1) is 13.4. The predicted octanol–water partition coefficient (Wildman–Crippen LogP) is 2.80. The van der Waals surface area contributed by atoms with Crippen molar-refractivity contribution in [2.45, 2.75) is 45.3 Å². The third-order valence-corrected chi connectivity index (χ3v) is 5.47. The lowest BCUT2D eigenvalue weighted by Crippen LogP contribution is -2.20. The average molecular weight is 381 g/mol. The summed E-state index contributed by atoms with van der Waals surface area (Å²) in [6, 6.07) is 8.65. The van der Waals surface area contributed by atoms with Gasteiger partial charge in [0.15, 0.2) is 5.65 Å². The Labute approximate surface area is 164 Å². The van der Waals surface area contributed by atoms with E-state index in [4.69, 9.17) is 0 Å². The zero-order chi connectivity index (χ0) is 20.0. The Bertz CT molecular complexity index is 1050. The van der Waals surface area contributed by atoms with Gasteiger partial charge in [-0.05, 0) is 35.8 Å². The standard InChI is InChI=1S/C21H27N5O2/c1-12(2)13-5-7-14(8-6-13)18(15-9-10-15)26-19-17(16(11-27)24-26)20(28)23-21(22-19)25(3)4/h5-8,12,15,18,27H,9-11H2,1-4H3,(H,22,23,28)/t18-/m0/s1. The maximum Gasteiger partial charge on any atom is 0.263 e. The fourth-order valence-electron chi connectivity index (χ4n) is 3.72. The Balaban J connectivity index is 1.90. The lowest BCUT2D eigenvalue weighted by Gasteiger charge is -2.20. The normalized spacial score (nSPS) is 15.4. The third-order valence-electron chi connectivity index (χ3n) is 5.47. The molecule has 4 rings (SSSR count). The smallest absolute Gasteiger partial charge is 0.263 e. The number of benzene rings is 1. The summed E-state index contributed by atoms with van der Waals surface area (Å²) < 4.78 is 1.85. The number of aliphatic hydroxyl groups excluding tert-OH is 1. The fraction of sp³-hybridized carbons (Fsp3) is 0.476. The minimum atomic E-state index is -0.292. The van der Waals surface area contributed by atoms with Crippen LogP contribution in [0.2, 0.25) is 0 Å². The molecule has 0 saturated heterocycles. The van der Waals surface area contributed by atoms with Gasteiger partial charge in [-0.2, -0.15) is 10.1 Å². The second-order valence-electron chi connectivity index (χ2n) is 8.14. The highest BCUT2D eigenvalue weighted by Crippen LogP contribution is 2.44. The second kappa shape index (κ2) is 7.05. The molecule has 1 aliphatic carbocycles. The second-order valence-corrected chi connectivity index (χ2v) is 8.14. The van der Waals surface area contributed by atoms with Crippen molar-refractivity contribution in [3.8, 4) is 0 Å². The van der Waals surface area contributed by atoms with E-state index in [0.29, 0.717) is 34.5 Å². The van der Waals surface area contributed by atoms with Gasteiger partial charge in [0.2, 0.25) is 5.95 Å². The van der Waals surface area contributed by atoms with Crippen LogP contribution in [0.5, 0.6) is 0 Å². The topological polar surface area (TPSA) is 87.0 Å². The highest BCUT2D eigenvalue weighted by Gasteiger charge is 2.36. The number of nitrogens with one attached hydrogen (secondary N) is 1. The summed E-state index contributed by atoms with van der Waals surface area (Å²) in [5.41, 5.74) is 3.09. The van der Waals surface area contributed by atoms with E-state index in [0.717, 1.165) is 18.4 Å². The van der Waals surface area contributed by atoms with Gasteiger partial charge in [-0.15, -0.1) is 0 Å². The van der Waals surface area contributed by atoms with Crippen LogP contribution in [0, 0.1) is 5.92 Å². The van der Waals surface area contributed by atoms with Gasteiger partial charge in [-0.3, -0.25) is 9.78 Å². The van der Waals surface area contributed by atoms with Gasteiger partial charge in [0.1, 0.15) is 11.1 Å². The molecule has 0 amide bonds. The molecule has 0 bridgehead atoms. The first-order valence-corrected chi connectivity index (χ1v) is 9.80. The Morgan fingerprint density at radius 3 is 2.39 bits per heavy atom. The number of aromatic nitrogens is 4. The van der Waals surface area contributed by atoms with E-state index >= 15 is 0 Å². The predicted molar refractivity (Wildman–Crippen MR) is 110 cm³/mol. The number of aliphatic hydroxyl groups is 1. The molecule has 1 fully saturated rings. The number of rotatable bonds is 6. The van der Waals surface area contributed by atoms with Crippen LogP contribution in [0.4, 0.5) is 5.95 Å². The summed E-state index contributed by atoms with van der Waals surface area (Å²) in [5.74, 6) is 1.42. The summed E-state index contributed by atoms with van der Waals surface area (Å²) >= 11 is 0. The van der Waals surface area contributed by atoms with Crippen molar-refractivity contribution in [1.29, 1.82) is 0 Å². The molecule has 28 heavy (non-hydrogen) atoms. The minimum Gasteiger partial charge on any atom is -0.390 e. The number of anilines is 1. The summed E-state index contributed by atoms with van der Waals surface area (Å²) in [6.45, 7) is 4.07. The van der Waals surface area contributed by atoms with Gasteiger partial charge in [0.25, 0.3) is 5.56 Å². The Morgan fingerprint density at radius 2 is 1.86 bits per heavy atom. The molecule has 1 atom stereocenters. The molecule has 2 heterocycles. The van der Waals surface area contributed by atoms with Gasteiger partial charge in [0, 0.05) is 14.1 Å². The molecular formula is C21H27N5O2. The molecule has 7 heteroatoms. The third kappa shape index (κ3) is 3.20. The van der Waals surface area contributed by atoms with E-state index < -0.39 is 0 Å². The van der Waals surface area contributed by atoms with Crippen molar-refractivity contribution in [2.75, 3.05) is 19.0 Å². The zero-order valence-electron chi connectivity index (χ0n) is 16.8. The van der Waals surface area contributed by atoms with Crippen LogP contribution in [-0.4, -0.2) is 39.0 Å². The van der Waals surface area contributed by atoms with Crippen molar-refractivity contribution in [1.82, 2.24) is 19.7 Å². The van der Waals surface area contributed by atoms with Gasteiger partial charge in [0.05, 0.1) is 12.6 Å². The van der Waals surface area contributed by atoms with Crippen LogP contribution in [0.25, 0.3) is 11.0 Å². The van der Waals surface area contributed by atoms with Crippen molar-refractivity contribution in [3.05, 3.63) is 51.4 Å². The molecule has 0 aliphatic heterocycles. The quantitative estimate of drug-likeness (QED) is 0.686. The molecule has 148 valence electrons. The van der Waals surface area contributed by atoms with Crippen LogP contribution < -0.4 is 10.5 Å². The summed E-state index contributed by atoms with van der Waals surface area (Å²) in [4.78, 5) is 21.9. The Kier molecular flexibility index (Phi) is 4.71. The average Bonchev–Trinajstić information content (AvgIpc) is 3.43. The number of nitrogens with zero attached hydrogens (tertiary/aromatic N) is 4. The lowest BCUT2D eigenvalue weighted by molar-refractivity contribution is 0.275. The van der Waals surface area contributed by atoms with Crippen molar-refractivity contribution in [3.63, 3.8) is 0 Å². The summed E-state index contributed by atoms with van der Waals surface area (Å²) in [7, 11) is 3.67. The first kappa shape index (κ1) is 18.7. The lowest BCUT2D eigenvalue weighted by atomic mass is 9.97. The van der Waals surface area contributed by atoms with E-state index in [2.05, 4.69) is 53.2 Å². The van der Waals surface area contributed by atoms with Crippen molar-refractivity contribution < 1.29 is 5.11 Å². The minimum absolute atomic E-state index is 0.00771. The van der Waals surface area contributed by atoms with Crippen LogP contribution in [-0.2, 0) is 6.61 Å². The highest BCUT2D eigenvalue weighted by atomic mass is 16.3. The number of hydrogen-bond acceptors (Lipinski definition) is 5.